The van der Waals surface area contributed by atoms with Crippen molar-refractivity contribution in [3.63, 3.8) is 0 Å². The molecule has 0 atom stereocenters. The summed E-state index contributed by atoms with van der Waals surface area (Å²) in [5.41, 5.74) is 0.805. The molecule has 1 nitrogen and oxygen atoms in total. The number of benzene rings is 1. The fourth-order valence-corrected chi connectivity index (χ4v) is 1.57. The number of carbonyl (C=O) groups is 1. The van der Waals surface area contributed by atoms with E-state index in [-0.39, 0.29) is 22.3 Å². The summed E-state index contributed by atoms with van der Waals surface area (Å²) in [6, 6.07) is 3.21. The number of rotatable bonds is 2. The molecule has 0 heterocycles. The van der Waals surface area contributed by atoms with Crippen LogP contribution in [0, 0.1) is 18.7 Å². The van der Waals surface area contributed by atoms with E-state index in [9.17, 15) is 9.18 Å². The molecule has 0 saturated heterocycles. The third kappa shape index (κ3) is 1.55. The van der Waals surface area contributed by atoms with Crippen molar-refractivity contribution in [2.75, 3.05) is 0 Å². The monoisotopic (exact) mass is 212 g/mol. The molecule has 0 spiro atoms. The van der Waals surface area contributed by atoms with Gasteiger partial charge in [-0.25, -0.2) is 4.39 Å². The van der Waals surface area contributed by atoms with Crippen molar-refractivity contribution >= 4 is 17.4 Å². The SMILES string of the molecule is Cc1ccc(C(=O)C2CC2)c(F)c1Cl. The lowest BCUT2D eigenvalue weighted by Gasteiger charge is -2.04. The fraction of sp³-hybridized carbons (Fsp3) is 0.364. The van der Waals surface area contributed by atoms with Crippen LogP contribution in [0.25, 0.3) is 0 Å². The van der Waals surface area contributed by atoms with E-state index in [2.05, 4.69) is 0 Å². The number of ketones is 1. The molecule has 0 aliphatic heterocycles. The van der Waals surface area contributed by atoms with Gasteiger partial charge in [-0.2, -0.15) is 0 Å². The van der Waals surface area contributed by atoms with Gasteiger partial charge in [-0.3, -0.25) is 4.79 Å². The van der Waals surface area contributed by atoms with Crippen LogP contribution in [0.15, 0.2) is 12.1 Å². The molecule has 1 aromatic carbocycles. The largest absolute Gasteiger partial charge is 0.294 e. The second-order valence-corrected chi connectivity index (χ2v) is 4.07. The van der Waals surface area contributed by atoms with E-state index in [1.54, 1.807) is 13.0 Å². The van der Waals surface area contributed by atoms with Crippen LogP contribution in [0.4, 0.5) is 4.39 Å². The normalized spacial score (nSPS) is 15.6. The number of hydrogen-bond acceptors (Lipinski definition) is 1. The van der Waals surface area contributed by atoms with Gasteiger partial charge in [0.1, 0.15) is 0 Å². The van der Waals surface area contributed by atoms with Crippen LogP contribution in [-0.2, 0) is 0 Å². The van der Waals surface area contributed by atoms with Crippen LogP contribution in [0.1, 0.15) is 28.8 Å². The lowest BCUT2D eigenvalue weighted by Crippen LogP contribution is -2.05. The van der Waals surface area contributed by atoms with Crippen molar-refractivity contribution in [1.82, 2.24) is 0 Å². The molecule has 14 heavy (non-hydrogen) atoms. The summed E-state index contributed by atoms with van der Waals surface area (Å²) < 4.78 is 13.5. The fourth-order valence-electron chi connectivity index (χ4n) is 1.40. The first-order chi connectivity index (χ1) is 6.61. The summed E-state index contributed by atoms with van der Waals surface area (Å²) >= 11 is 5.72. The topological polar surface area (TPSA) is 17.1 Å². The second kappa shape index (κ2) is 3.35. The van der Waals surface area contributed by atoms with Crippen LogP contribution in [0.5, 0.6) is 0 Å². The molecule has 3 heteroatoms. The summed E-state index contributed by atoms with van der Waals surface area (Å²) in [6.07, 6.45) is 1.76. The van der Waals surface area contributed by atoms with Gasteiger partial charge in [-0.05, 0) is 31.4 Å². The van der Waals surface area contributed by atoms with Gasteiger partial charge in [-0.15, -0.1) is 0 Å². The highest BCUT2D eigenvalue weighted by atomic mass is 35.5. The van der Waals surface area contributed by atoms with Gasteiger partial charge in [0.05, 0.1) is 10.6 Å². The summed E-state index contributed by atoms with van der Waals surface area (Å²) in [7, 11) is 0. The Labute approximate surface area is 86.9 Å². The Morgan fingerprint density at radius 1 is 1.50 bits per heavy atom. The Kier molecular flexibility index (Phi) is 2.31. The molecule has 0 N–H and O–H groups in total. The van der Waals surface area contributed by atoms with Crippen LogP contribution in [0.3, 0.4) is 0 Å². The first-order valence-electron chi connectivity index (χ1n) is 4.60. The van der Waals surface area contributed by atoms with Gasteiger partial charge >= 0.3 is 0 Å². The molecule has 0 bridgehead atoms. The predicted octanol–water partition coefficient (Wildman–Crippen LogP) is 3.38. The summed E-state index contributed by atoms with van der Waals surface area (Å²) in [5, 5.41) is 0.0662. The van der Waals surface area contributed by atoms with Gasteiger partial charge < -0.3 is 0 Å². The maximum atomic E-state index is 13.5. The molecule has 0 aromatic heterocycles. The first-order valence-corrected chi connectivity index (χ1v) is 4.98. The standard InChI is InChI=1S/C11H10ClFO/c1-6-2-5-8(10(13)9(6)12)11(14)7-3-4-7/h2,5,7H,3-4H2,1H3. The number of aryl methyl sites for hydroxylation is 1. The van der Waals surface area contributed by atoms with E-state index < -0.39 is 5.82 Å². The average molecular weight is 213 g/mol. The highest BCUT2D eigenvalue weighted by Gasteiger charge is 2.32. The van der Waals surface area contributed by atoms with Gasteiger partial charge in [0, 0.05) is 5.92 Å². The minimum Gasteiger partial charge on any atom is -0.294 e. The van der Waals surface area contributed by atoms with Crippen molar-refractivity contribution in [3.05, 3.63) is 34.1 Å². The van der Waals surface area contributed by atoms with E-state index >= 15 is 0 Å². The third-order valence-corrected chi connectivity index (χ3v) is 2.95. The molecule has 0 unspecified atom stereocenters. The Balaban J connectivity index is 2.43. The molecule has 0 amide bonds. The Bertz CT molecular complexity index is 397. The molecule has 0 radical (unpaired) electrons. The Morgan fingerprint density at radius 3 is 2.71 bits per heavy atom. The molecule has 1 aliphatic rings. The van der Waals surface area contributed by atoms with Crippen molar-refractivity contribution in [3.8, 4) is 0 Å². The van der Waals surface area contributed by atoms with Crippen LogP contribution >= 0.6 is 11.6 Å². The zero-order valence-corrected chi connectivity index (χ0v) is 8.57. The zero-order chi connectivity index (χ0) is 10.3. The quantitative estimate of drug-likeness (QED) is 0.687. The maximum absolute atomic E-state index is 13.5. The van der Waals surface area contributed by atoms with Crippen molar-refractivity contribution in [2.24, 2.45) is 5.92 Å². The number of hydrogen-bond donors (Lipinski definition) is 0. The van der Waals surface area contributed by atoms with Gasteiger partial charge in [0.25, 0.3) is 0 Å². The van der Waals surface area contributed by atoms with Gasteiger partial charge in [0.15, 0.2) is 11.6 Å². The predicted molar refractivity (Wildman–Crippen MR) is 53.2 cm³/mol. The molecular formula is C11H10ClFO. The second-order valence-electron chi connectivity index (χ2n) is 3.70. The summed E-state index contributed by atoms with van der Waals surface area (Å²) in [4.78, 5) is 11.6. The van der Waals surface area contributed by atoms with Gasteiger partial charge in [-0.1, -0.05) is 17.7 Å². The van der Waals surface area contributed by atoms with E-state index in [0.717, 1.165) is 12.8 Å². The third-order valence-electron chi connectivity index (χ3n) is 2.49. The molecule has 1 fully saturated rings. The van der Waals surface area contributed by atoms with E-state index in [1.165, 1.54) is 6.07 Å². The van der Waals surface area contributed by atoms with Crippen molar-refractivity contribution in [1.29, 1.82) is 0 Å². The molecule has 74 valence electrons. The average Bonchev–Trinajstić information content (AvgIpc) is 2.97. The van der Waals surface area contributed by atoms with Crippen LogP contribution in [0.2, 0.25) is 5.02 Å². The molecule has 2 rings (SSSR count). The van der Waals surface area contributed by atoms with Gasteiger partial charge in [0.2, 0.25) is 0 Å². The molecule has 1 aliphatic carbocycles. The summed E-state index contributed by atoms with van der Waals surface area (Å²) in [6.45, 7) is 1.72. The minimum atomic E-state index is -0.566. The lowest BCUT2D eigenvalue weighted by molar-refractivity contribution is 0.0963. The van der Waals surface area contributed by atoms with Crippen LogP contribution in [-0.4, -0.2) is 5.78 Å². The smallest absolute Gasteiger partial charge is 0.168 e. The maximum Gasteiger partial charge on any atom is 0.168 e. The van der Waals surface area contributed by atoms with E-state index in [0.29, 0.717) is 5.56 Å². The molecule has 1 aromatic rings. The van der Waals surface area contributed by atoms with Crippen molar-refractivity contribution in [2.45, 2.75) is 19.8 Å². The lowest BCUT2D eigenvalue weighted by atomic mass is 10.0. The van der Waals surface area contributed by atoms with Crippen molar-refractivity contribution < 1.29 is 9.18 Å². The summed E-state index contributed by atoms with van der Waals surface area (Å²) in [5.74, 6) is -0.642. The number of Topliss-reactive ketones (excluding diaryl/α,β-unsaturated/α-hetero) is 1. The van der Waals surface area contributed by atoms with E-state index in [4.69, 9.17) is 11.6 Å². The Morgan fingerprint density at radius 2 is 2.14 bits per heavy atom. The minimum absolute atomic E-state index is 0.0308. The number of halogens is 2. The zero-order valence-electron chi connectivity index (χ0n) is 7.81. The highest BCUT2D eigenvalue weighted by Crippen LogP contribution is 2.34. The van der Waals surface area contributed by atoms with Crippen LogP contribution < -0.4 is 0 Å². The number of carbonyl (C=O) groups excluding carboxylic acids is 1. The first kappa shape index (κ1) is 9.66. The highest BCUT2D eigenvalue weighted by molar-refractivity contribution is 6.32. The Hall–Kier alpha value is -0.890. The molecule has 1 saturated carbocycles. The van der Waals surface area contributed by atoms with E-state index in [1.807, 2.05) is 0 Å². The molecular weight excluding hydrogens is 203 g/mol.